The van der Waals surface area contributed by atoms with Crippen LogP contribution >= 0.6 is 0 Å². The minimum absolute atomic E-state index is 0.189. The molecule has 0 aromatic heterocycles. The van der Waals surface area contributed by atoms with Crippen LogP contribution in [0.3, 0.4) is 0 Å². The van der Waals surface area contributed by atoms with E-state index < -0.39 is 23.1 Å². The summed E-state index contributed by atoms with van der Waals surface area (Å²) in [4.78, 5) is 11.9. The Morgan fingerprint density at radius 2 is 2.21 bits per heavy atom. The van der Waals surface area contributed by atoms with Crippen LogP contribution in [0.25, 0.3) is 0 Å². The third-order valence-electron chi connectivity index (χ3n) is 3.43. The highest BCUT2D eigenvalue weighted by molar-refractivity contribution is 5.95. The van der Waals surface area contributed by atoms with Gasteiger partial charge >= 0.3 is 0 Å². The summed E-state index contributed by atoms with van der Waals surface area (Å²) >= 11 is 0. The lowest BCUT2D eigenvalue weighted by molar-refractivity contribution is 0.0939. The topological polar surface area (TPSA) is 41.1 Å². The number of amides is 1. The zero-order chi connectivity index (χ0) is 13.8. The summed E-state index contributed by atoms with van der Waals surface area (Å²) in [5.74, 6) is -2.29. The van der Waals surface area contributed by atoms with Crippen molar-refractivity contribution >= 4 is 5.91 Å². The number of halogens is 2. The summed E-state index contributed by atoms with van der Waals surface area (Å²) in [6, 6.07) is 2.63. The Hall–Kier alpha value is -1.49. The molecule has 1 amide bonds. The maximum absolute atomic E-state index is 13.8. The molecular formula is C14H18F2N2O. The van der Waals surface area contributed by atoms with Crippen molar-refractivity contribution < 1.29 is 13.6 Å². The smallest absolute Gasteiger partial charge is 0.257 e. The molecule has 1 aliphatic heterocycles. The van der Waals surface area contributed by atoms with Crippen LogP contribution in [-0.2, 0) is 0 Å². The number of benzene rings is 1. The van der Waals surface area contributed by atoms with Gasteiger partial charge in [0.2, 0.25) is 0 Å². The predicted molar refractivity (Wildman–Crippen MR) is 69.1 cm³/mol. The predicted octanol–water partition coefficient (Wildman–Crippen LogP) is 2.15. The van der Waals surface area contributed by atoms with Crippen molar-refractivity contribution in [3.8, 4) is 0 Å². The zero-order valence-corrected chi connectivity index (χ0v) is 10.9. The second-order valence-electron chi connectivity index (χ2n) is 4.91. The molecule has 1 aromatic rings. The van der Waals surface area contributed by atoms with Crippen LogP contribution in [0.15, 0.2) is 12.1 Å². The highest BCUT2D eigenvalue weighted by atomic mass is 19.1. The summed E-state index contributed by atoms with van der Waals surface area (Å²) in [5.41, 5.74) is -0.224. The van der Waals surface area contributed by atoms with Gasteiger partial charge in [0.1, 0.15) is 17.2 Å². The molecule has 5 heteroatoms. The highest BCUT2D eigenvalue weighted by Gasteiger charge is 2.20. The summed E-state index contributed by atoms with van der Waals surface area (Å²) in [6.07, 6.45) is 3.21. The first-order valence-corrected chi connectivity index (χ1v) is 6.56. The molecule has 1 atom stereocenters. The van der Waals surface area contributed by atoms with E-state index >= 15 is 0 Å². The van der Waals surface area contributed by atoms with Crippen molar-refractivity contribution in [3.05, 3.63) is 34.9 Å². The number of piperidine rings is 1. The van der Waals surface area contributed by atoms with Crippen LogP contribution in [0, 0.1) is 18.6 Å². The van der Waals surface area contributed by atoms with Crippen LogP contribution in [0.1, 0.15) is 35.2 Å². The number of hydrogen-bond acceptors (Lipinski definition) is 2. The van der Waals surface area contributed by atoms with Gasteiger partial charge in [0.15, 0.2) is 0 Å². The van der Waals surface area contributed by atoms with Gasteiger partial charge in [-0.15, -0.1) is 0 Å². The normalized spacial score (nSPS) is 19.2. The molecule has 1 unspecified atom stereocenters. The molecule has 3 nitrogen and oxygen atoms in total. The summed E-state index contributed by atoms with van der Waals surface area (Å²) in [5, 5.41) is 5.86. The molecule has 0 bridgehead atoms. The van der Waals surface area contributed by atoms with E-state index in [0.29, 0.717) is 6.54 Å². The lowest BCUT2D eigenvalue weighted by Crippen LogP contribution is -2.43. The van der Waals surface area contributed by atoms with Crippen LogP contribution in [0.4, 0.5) is 8.78 Å². The van der Waals surface area contributed by atoms with Gasteiger partial charge in [0.05, 0.1) is 0 Å². The van der Waals surface area contributed by atoms with Crippen LogP contribution in [0.2, 0.25) is 0 Å². The van der Waals surface area contributed by atoms with Crippen molar-refractivity contribution in [1.82, 2.24) is 10.6 Å². The fourth-order valence-electron chi connectivity index (χ4n) is 2.27. The Kier molecular flexibility index (Phi) is 4.47. The lowest BCUT2D eigenvalue weighted by atomic mass is 10.0. The van der Waals surface area contributed by atoms with E-state index in [2.05, 4.69) is 10.6 Å². The first kappa shape index (κ1) is 13.9. The maximum atomic E-state index is 13.8. The second kappa shape index (κ2) is 6.10. The molecule has 0 saturated carbocycles. The van der Waals surface area contributed by atoms with Crippen molar-refractivity contribution in [3.63, 3.8) is 0 Å². The van der Waals surface area contributed by atoms with E-state index in [0.717, 1.165) is 31.9 Å². The van der Waals surface area contributed by atoms with Crippen LogP contribution in [0.5, 0.6) is 0 Å². The fourth-order valence-corrected chi connectivity index (χ4v) is 2.27. The summed E-state index contributed by atoms with van der Waals surface area (Å²) in [6.45, 7) is 2.83. The Morgan fingerprint density at radius 3 is 2.89 bits per heavy atom. The quantitative estimate of drug-likeness (QED) is 0.882. The zero-order valence-electron chi connectivity index (χ0n) is 10.9. The largest absolute Gasteiger partial charge is 0.350 e. The van der Waals surface area contributed by atoms with Gasteiger partial charge in [-0.25, -0.2) is 8.78 Å². The molecule has 2 N–H and O–H groups in total. The molecule has 1 heterocycles. The van der Waals surface area contributed by atoms with E-state index in [4.69, 9.17) is 0 Å². The maximum Gasteiger partial charge on any atom is 0.257 e. The second-order valence-corrected chi connectivity index (χ2v) is 4.91. The number of carbonyl (C=O) groups is 1. The van der Waals surface area contributed by atoms with E-state index in [1.807, 2.05) is 0 Å². The number of nitrogens with one attached hydrogen (secondary N) is 2. The molecule has 104 valence electrons. The molecule has 1 fully saturated rings. The highest BCUT2D eigenvalue weighted by Crippen LogP contribution is 2.16. The van der Waals surface area contributed by atoms with Gasteiger partial charge in [-0.3, -0.25) is 4.79 Å². The van der Waals surface area contributed by atoms with E-state index in [9.17, 15) is 13.6 Å². The minimum atomic E-state index is -0.822. The van der Waals surface area contributed by atoms with Crippen LogP contribution in [-0.4, -0.2) is 25.0 Å². The van der Waals surface area contributed by atoms with Crippen molar-refractivity contribution in [1.29, 1.82) is 0 Å². The Bertz CT molecular complexity index is 471. The molecule has 19 heavy (non-hydrogen) atoms. The molecular weight excluding hydrogens is 250 g/mol. The molecule has 1 aromatic carbocycles. The molecule has 1 saturated heterocycles. The minimum Gasteiger partial charge on any atom is -0.350 e. The number of carbonyl (C=O) groups excluding carboxylic acids is 1. The monoisotopic (exact) mass is 268 g/mol. The Balaban J connectivity index is 2.01. The molecule has 0 aliphatic carbocycles. The van der Waals surface area contributed by atoms with Gasteiger partial charge in [0.25, 0.3) is 5.91 Å². The standard InChI is InChI=1S/C14H18F2N2O/c1-9-5-6-11(15)12(13(9)16)14(19)18-8-10-4-2-3-7-17-10/h5-6,10,17H,2-4,7-8H2,1H3,(H,18,19). The lowest BCUT2D eigenvalue weighted by Gasteiger charge is -2.23. The fraction of sp³-hybridized carbons (Fsp3) is 0.500. The SMILES string of the molecule is Cc1ccc(F)c(C(=O)NCC2CCCCN2)c1F. The van der Waals surface area contributed by atoms with Gasteiger partial charge in [-0.1, -0.05) is 12.5 Å². The average molecular weight is 268 g/mol. The van der Waals surface area contributed by atoms with Crippen molar-refractivity contribution in [2.75, 3.05) is 13.1 Å². The first-order chi connectivity index (χ1) is 9.09. The van der Waals surface area contributed by atoms with Crippen molar-refractivity contribution in [2.24, 2.45) is 0 Å². The molecule has 1 aliphatic rings. The Morgan fingerprint density at radius 1 is 1.42 bits per heavy atom. The summed E-state index contributed by atoms with van der Waals surface area (Å²) in [7, 11) is 0. The average Bonchev–Trinajstić information content (AvgIpc) is 2.42. The van der Waals surface area contributed by atoms with Crippen LogP contribution < -0.4 is 10.6 Å². The van der Waals surface area contributed by atoms with Crippen molar-refractivity contribution in [2.45, 2.75) is 32.2 Å². The number of rotatable bonds is 3. The van der Waals surface area contributed by atoms with Gasteiger partial charge in [-0.2, -0.15) is 0 Å². The van der Waals surface area contributed by atoms with E-state index in [-0.39, 0.29) is 11.6 Å². The summed E-state index contributed by atoms with van der Waals surface area (Å²) < 4.78 is 27.3. The van der Waals surface area contributed by atoms with Gasteiger partial charge in [-0.05, 0) is 37.9 Å². The molecule has 2 rings (SSSR count). The van der Waals surface area contributed by atoms with E-state index in [1.165, 1.54) is 13.0 Å². The number of aryl methyl sites for hydroxylation is 1. The number of hydrogen-bond donors (Lipinski definition) is 2. The van der Waals surface area contributed by atoms with Gasteiger partial charge in [0, 0.05) is 12.6 Å². The Labute approximate surface area is 111 Å². The van der Waals surface area contributed by atoms with Gasteiger partial charge < -0.3 is 10.6 Å². The molecule has 0 radical (unpaired) electrons. The molecule has 0 spiro atoms. The third-order valence-corrected chi connectivity index (χ3v) is 3.43. The third kappa shape index (κ3) is 3.29. The first-order valence-electron chi connectivity index (χ1n) is 6.56. The van der Waals surface area contributed by atoms with E-state index in [1.54, 1.807) is 0 Å².